The second kappa shape index (κ2) is 6.12. The highest BCUT2D eigenvalue weighted by molar-refractivity contribution is 5.77. The molecule has 1 amide bonds. The van der Waals surface area contributed by atoms with E-state index < -0.39 is 11.2 Å². The van der Waals surface area contributed by atoms with Crippen molar-refractivity contribution in [3.05, 3.63) is 62.4 Å². The number of amides is 1. The maximum Gasteiger partial charge on any atom is 0.325 e. The number of anilines is 1. The fourth-order valence-electron chi connectivity index (χ4n) is 2.71. The van der Waals surface area contributed by atoms with Crippen LogP contribution in [-0.2, 0) is 17.9 Å². The molecule has 0 spiro atoms. The van der Waals surface area contributed by atoms with Crippen LogP contribution in [0.3, 0.4) is 0 Å². The summed E-state index contributed by atoms with van der Waals surface area (Å²) in [5, 5.41) is 0. The lowest BCUT2D eigenvalue weighted by Gasteiger charge is -2.21. The van der Waals surface area contributed by atoms with Gasteiger partial charge >= 0.3 is 5.69 Å². The third-order valence-corrected chi connectivity index (χ3v) is 4.04. The van der Waals surface area contributed by atoms with Gasteiger partial charge < -0.3 is 14.8 Å². The number of fused-ring (bicyclic) bond motifs is 1. The molecule has 2 aromatic rings. The lowest BCUT2D eigenvalue weighted by Crippen LogP contribution is -2.30. The molecule has 0 fully saturated rings. The van der Waals surface area contributed by atoms with Crippen LogP contribution in [0.25, 0.3) is 0 Å². The summed E-state index contributed by atoms with van der Waals surface area (Å²) in [7, 11) is 1.93. The number of carbonyl (C=O) groups excluding carboxylic acids is 1. The minimum absolute atomic E-state index is 0.0377. The van der Waals surface area contributed by atoms with Gasteiger partial charge in [0.25, 0.3) is 5.56 Å². The molecule has 0 unspecified atom stereocenters. The minimum atomic E-state index is -0.535. The number of para-hydroxylation sites is 1. The molecule has 7 heteroatoms. The number of nitrogens with one attached hydrogen (secondary N) is 2. The first-order valence-corrected chi connectivity index (χ1v) is 7.43. The number of benzene rings is 1. The van der Waals surface area contributed by atoms with Crippen LogP contribution >= 0.6 is 0 Å². The number of nitrogens with zero attached hydrogens (tertiary/aromatic N) is 2. The zero-order valence-corrected chi connectivity index (χ0v) is 12.8. The van der Waals surface area contributed by atoms with Crippen molar-refractivity contribution in [2.45, 2.75) is 19.5 Å². The van der Waals surface area contributed by atoms with Crippen molar-refractivity contribution in [3.63, 3.8) is 0 Å². The van der Waals surface area contributed by atoms with Crippen molar-refractivity contribution < 1.29 is 4.79 Å². The van der Waals surface area contributed by atoms with Gasteiger partial charge in [0.2, 0.25) is 5.91 Å². The normalized spacial score (nSPS) is 13.0. The maximum absolute atomic E-state index is 12.3. The van der Waals surface area contributed by atoms with Crippen molar-refractivity contribution in [2.75, 3.05) is 18.5 Å². The molecule has 2 heterocycles. The third kappa shape index (κ3) is 3.18. The second-order valence-corrected chi connectivity index (χ2v) is 5.62. The van der Waals surface area contributed by atoms with E-state index in [-0.39, 0.29) is 19.0 Å². The third-order valence-electron chi connectivity index (χ3n) is 4.04. The predicted octanol–water partition coefficient (Wildman–Crippen LogP) is 0.432. The Morgan fingerprint density at radius 1 is 1.17 bits per heavy atom. The van der Waals surface area contributed by atoms with Gasteiger partial charge in [-0.1, -0.05) is 18.2 Å². The van der Waals surface area contributed by atoms with Crippen molar-refractivity contribution in [1.29, 1.82) is 0 Å². The first kappa shape index (κ1) is 15.1. The molecular weight excluding hydrogens is 296 g/mol. The van der Waals surface area contributed by atoms with Gasteiger partial charge in [0.1, 0.15) is 0 Å². The Balaban J connectivity index is 1.61. The topological polar surface area (TPSA) is 89.3 Å². The van der Waals surface area contributed by atoms with Crippen molar-refractivity contribution in [3.8, 4) is 0 Å². The van der Waals surface area contributed by atoms with Gasteiger partial charge in [0, 0.05) is 31.4 Å². The van der Waals surface area contributed by atoms with Crippen LogP contribution in [-0.4, -0.2) is 34.4 Å². The van der Waals surface area contributed by atoms with E-state index in [1.165, 1.54) is 0 Å². The Kier molecular flexibility index (Phi) is 4.01. The molecule has 1 aliphatic rings. The van der Waals surface area contributed by atoms with Crippen LogP contribution in [0.15, 0.2) is 39.9 Å². The van der Waals surface area contributed by atoms with E-state index in [2.05, 4.69) is 9.97 Å². The van der Waals surface area contributed by atoms with E-state index in [0.29, 0.717) is 24.2 Å². The Hall–Kier alpha value is -2.83. The number of aromatic amines is 2. The second-order valence-electron chi connectivity index (χ2n) is 5.62. The number of rotatable bonds is 4. The molecule has 0 bridgehead atoms. The summed E-state index contributed by atoms with van der Waals surface area (Å²) < 4.78 is 0. The van der Waals surface area contributed by atoms with Crippen LogP contribution in [0, 0.1) is 0 Å². The van der Waals surface area contributed by atoms with Gasteiger partial charge in [-0.3, -0.25) is 14.6 Å². The molecule has 0 radical (unpaired) electrons. The quantitative estimate of drug-likeness (QED) is 0.856. The fourth-order valence-corrected chi connectivity index (χ4v) is 2.71. The van der Waals surface area contributed by atoms with E-state index in [1.807, 2.05) is 42.3 Å². The van der Waals surface area contributed by atoms with E-state index in [4.69, 9.17) is 0 Å². The summed E-state index contributed by atoms with van der Waals surface area (Å²) in [6, 6.07) is 9.82. The van der Waals surface area contributed by atoms with Gasteiger partial charge in [-0.15, -0.1) is 0 Å². The fraction of sp³-hybridized carbons (Fsp3) is 0.312. The Morgan fingerprint density at radius 2 is 1.91 bits per heavy atom. The smallest absolute Gasteiger partial charge is 0.325 e. The molecule has 23 heavy (non-hydrogen) atoms. The lowest BCUT2D eigenvalue weighted by atomic mass is 10.2. The van der Waals surface area contributed by atoms with E-state index in [1.54, 1.807) is 4.90 Å². The van der Waals surface area contributed by atoms with Crippen molar-refractivity contribution >= 4 is 11.6 Å². The van der Waals surface area contributed by atoms with Crippen molar-refractivity contribution in [1.82, 2.24) is 14.9 Å². The predicted molar refractivity (Wildman–Crippen MR) is 86.3 cm³/mol. The van der Waals surface area contributed by atoms with Crippen LogP contribution in [0.4, 0.5) is 5.69 Å². The average Bonchev–Trinajstić information content (AvgIpc) is 2.97. The number of aromatic nitrogens is 2. The lowest BCUT2D eigenvalue weighted by molar-refractivity contribution is -0.131. The summed E-state index contributed by atoms with van der Waals surface area (Å²) in [5.41, 5.74) is 1.09. The average molecular weight is 314 g/mol. The molecule has 7 nitrogen and oxygen atoms in total. The Morgan fingerprint density at radius 3 is 2.65 bits per heavy atom. The Bertz CT molecular complexity index is 825. The number of H-pyrrole nitrogens is 2. The van der Waals surface area contributed by atoms with Crippen LogP contribution in [0.2, 0.25) is 0 Å². The van der Waals surface area contributed by atoms with E-state index in [0.717, 1.165) is 5.69 Å². The summed E-state index contributed by atoms with van der Waals surface area (Å²) in [4.78, 5) is 43.7. The molecule has 0 atom stereocenters. The molecule has 3 rings (SSSR count). The highest BCUT2D eigenvalue weighted by atomic mass is 16.2. The largest absolute Gasteiger partial charge is 0.374 e. The number of hydrogen-bond donors (Lipinski definition) is 2. The van der Waals surface area contributed by atoms with Gasteiger partial charge in [-0.05, 0) is 12.1 Å². The van der Waals surface area contributed by atoms with Gasteiger partial charge in [-0.25, -0.2) is 4.79 Å². The Labute approximate surface area is 132 Å². The SMILES string of the molecule is CN(CCC(=O)N1Cc2[nH]c(=O)[nH]c(=O)c2C1)c1ccccc1. The molecule has 1 aliphatic heterocycles. The standard InChI is InChI=1S/C16H18N4O3/c1-19(11-5-3-2-4-6-11)8-7-14(21)20-9-12-13(10-20)17-16(23)18-15(12)22/h2-6H,7-10H2,1H3,(H2,17,18,22,23). The number of hydrogen-bond acceptors (Lipinski definition) is 4. The van der Waals surface area contributed by atoms with E-state index in [9.17, 15) is 14.4 Å². The number of carbonyl (C=O) groups is 1. The van der Waals surface area contributed by atoms with Crippen LogP contribution in [0.5, 0.6) is 0 Å². The molecule has 0 saturated carbocycles. The summed E-state index contributed by atoms with van der Waals surface area (Å²) in [6.45, 7) is 1.11. The molecule has 0 aliphatic carbocycles. The summed E-state index contributed by atoms with van der Waals surface area (Å²) in [6.07, 6.45) is 0.349. The maximum atomic E-state index is 12.3. The highest BCUT2D eigenvalue weighted by Gasteiger charge is 2.26. The highest BCUT2D eigenvalue weighted by Crippen LogP contribution is 2.18. The van der Waals surface area contributed by atoms with Crippen LogP contribution in [0.1, 0.15) is 17.7 Å². The van der Waals surface area contributed by atoms with Crippen molar-refractivity contribution in [2.24, 2.45) is 0 Å². The van der Waals surface area contributed by atoms with Gasteiger partial charge in [0.05, 0.1) is 18.7 Å². The molecule has 120 valence electrons. The minimum Gasteiger partial charge on any atom is -0.374 e. The molecule has 1 aromatic carbocycles. The van der Waals surface area contributed by atoms with Gasteiger partial charge in [0.15, 0.2) is 0 Å². The molecule has 1 aromatic heterocycles. The first-order chi connectivity index (χ1) is 11.0. The van der Waals surface area contributed by atoms with E-state index >= 15 is 0 Å². The first-order valence-electron chi connectivity index (χ1n) is 7.43. The summed E-state index contributed by atoms with van der Waals surface area (Å²) >= 11 is 0. The zero-order chi connectivity index (χ0) is 16.4. The zero-order valence-electron chi connectivity index (χ0n) is 12.8. The molecular formula is C16H18N4O3. The van der Waals surface area contributed by atoms with Crippen LogP contribution < -0.4 is 16.1 Å². The monoisotopic (exact) mass is 314 g/mol. The van der Waals surface area contributed by atoms with Gasteiger partial charge in [-0.2, -0.15) is 0 Å². The summed E-state index contributed by atoms with van der Waals surface area (Å²) in [5.74, 6) is -0.0377. The molecule has 0 saturated heterocycles. The molecule has 2 N–H and O–H groups in total.